The van der Waals surface area contributed by atoms with Crippen LogP contribution < -0.4 is 14.8 Å². The predicted octanol–water partition coefficient (Wildman–Crippen LogP) is 2.93. The van der Waals surface area contributed by atoms with Crippen molar-refractivity contribution in [2.24, 2.45) is 0 Å². The van der Waals surface area contributed by atoms with Gasteiger partial charge in [0.25, 0.3) is 0 Å². The van der Waals surface area contributed by atoms with Gasteiger partial charge in [-0.2, -0.15) is 0 Å². The summed E-state index contributed by atoms with van der Waals surface area (Å²) in [6.07, 6.45) is -0.582. The van der Waals surface area contributed by atoms with E-state index < -0.39 is 12.1 Å². The van der Waals surface area contributed by atoms with Crippen LogP contribution in [0.4, 0.5) is 4.79 Å². The van der Waals surface area contributed by atoms with Crippen LogP contribution in [0.1, 0.15) is 34.6 Å². The van der Waals surface area contributed by atoms with Gasteiger partial charge in [-0.25, -0.2) is 15.0 Å². The number of carbonyl (C=O) groups excluding carboxylic acids is 1. The lowest BCUT2D eigenvalue weighted by atomic mass is 10.2. The fourth-order valence-corrected chi connectivity index (χ4v) is 2.73. The van der Waals surface area contributed by atoms with Gasteiger partial charge in [0, 0.05) is 12.1 Å². The lowest BCUT2D eigenvalue weighted by molar-refractivity contribution is -0.237. The first-order chi connectivity index (χ1) is 10.4. The molecule has 1 aliphatic heterocycles. The number of alkyl carbamates (subject to hydrolysis) is 1. The van der Waals surface area contributed by atoms with Crippen LogP contribution >= 0.6 is 0 Å². The third-order valence-electron chi connectivity index (χ3n) is 3.33. The Morgan fingerprint density at radius 3 is 2.09 bits per heavy atom. The first kappa shape index (κ1) is 16.4. The van der Waals surface area contributed by atoms with Crippen molar-refractivity contribution < 1.29 is 19.0 Å². The smallest absolute Gasteiger partial charge is 0.414 e. The Morgan fingerprint density at radius 1 is 1.18 bits per heavy atom. The molecule has 1 heterocycles. The zero-order chi connectivity index (χ0) is 16.3. The lowest BCUT2D eigenvalue weighted by Crippen LogP contribution is -2.69. The first-order valence-corrected chi connectivity index (χ1v) is 7.60. The van der Waals surface area contributed by atoms with Crippen LogP contribution in [0, 0.1) is 0 Å². The van der Waals surface area contributed by atoms with Gasteiger partial charge in [-0.1, -0.05) is 12.1 Å². The summed E-state index contributed by atoms with van der Waals surface area (Å²) >= 11 is 0. The van der Waals surface area contributed by atoms with Gasteiger partial charge >= 0.3 is 12.1 Å². The normalized spacial score (nSPS) is 15.5. The average Bonchev–Trinajstić information content (AvgIpc) is 2.75. The number of nitrogens with zero attached hydrogens (tertiary/aromatic N) is 1. The van der Waals surface area contributed by atoms with E-state index in [1.165, 1.54) is 0 Å². The first-order valence-electron chi connectivity index (χ1n) is 7.60. The maximum atomic E-state index is 12.0. The molecule has 0 fully saturated rings. The Balaban J connectivity index is 2.36. The second kappa shape index (κ2) is 6.44. The largest absolute Gasteiger partial charge is 0.450 e. The molecule has 6 heteroatoms. The van der Waals surface area contributed by atoms with Crippen molar-refractivity contribution in [2.45, 2.75) is 52.7 Å². The molecule has 2 rings (SSSR count). The van der Waals surface area contributed by atoms with E-state index in [4.69, 9.17) is 14.2 Å². The summed E-state index contributed by atoms with van der Waals surface area (Å²) in [5, 5.41) is 2.72. The number of carbonyl (C=O) groups is 1. The van der Waals surface area contributed by atoms with E-state index in [0.717, 1.165) is 0 Å². The third kappa shape index (κ3) is 3.11. The summed E-state index contributed by atoms with van der Waals surface area (Å²) in [5.41, 5.74) is 0. The summed E-state index contributed by atoms with van der Waals surface area (Å²) in [5.74, 6) is 1.18. The Bertz CT molecular complexity index is 498. The molecule has 0 saturated heterocycles. The summed E-state index contributed by atoms with van der Waals surface area (Å²) in [6, 6.07) is 6.09. The molecule has 1 N–H and O–H groups in total. The number of para-hydroxylation sites is 2. The minimum atomic E-state index is -1.40. The molecule has 0 unspecified atom stereocenters. The predicted molar refractivity (Wildman–Crippen MR) is 82.7 cm³/mol. The van der Waals surface area contributed by atoms with E-state index in [-0.39, 0.29) is 18.7 Å². The minimum absolute atomic E-state index is 0.0799. The molecule has 1 aliphatic rings. The molecule has 1 aromatic rings. The number of benzene rings is 1. The second-order valence-electron chi connectivity index (χ2n) is 5.67. The second-order valence-corrected chi connectivity index (χ2v) is 5.67. The maximum Gasteiger partial charge on any atom is 0.414 e. The van der Waals surface area contributed by atoms with Gasteiger partial charge in [0.2, 0.25) is 0 Å². The number of ether oxygens (including phenoxy) is 3. The van der Waals surface area contributed by atoms with Crippen LogP contribution in [0.5, 0.6) is 11.5 Å². The highest BCUT2D eigenvalue weighted by atomic mass is 16.8. The van der Waals surface area contributed by atoms with Gasteiger partial charge < -0.3 is 14.2 Å². The monoisotopic (exact) mass is 308 g/mol. The Labute approximate surface area is 131 Å². The molecule has 0 aliphatic carbocycles. The van der Waals surface area contributed by atoms with Crippen LogP contribution in [-0.2, 0) is 4.74 Å². The molecule has 1 amide bonds. The van der Waals surface area contributed by atoms with Crippen molar-refractivity contribution in [1.82, 2.24) is 10.2 Å². The highest BCUT2D eigenvalue weighted by Crippen LogP contribution is 2.40. The van der Waals surface area contributed by atoms with Crippen LogP contribution in [0.3, 0.4) is 0 Å². The van der Waals surface area contributed by atoms with Gasteiger partial charge in [-0.15, -0.1) is 0 Å². The van der Waals surface area contributed by atoms with Crippen molar-refractivity contribution in [2.75, 3.05) is 6.61 Å². The standard InChI is InChI=1S/C16H24N2O4/c1-6-20-15(19)17-16(18(11(2)3)12(4)5)21-13-9-7-8-10-14(13)22-16/h7-12H,6H2,1-5H3,(H,17,19). The maximum absolute atomic E-state index is 12.0. The third-order valence-corrected chi connectivity index (χ3v) is 3.33. The van der Waals surface area contributed by atoms with Crippen molar-refractivity contribution in [3.05, 3.63) is 24.3 Å². The van der Waals surface area contributed by atoms with Gasteiger partial charge in [-0.05, 0) is 46.8 Å². The topological polar surface area (TPSA) is 60.0 Å². The van der Waals surface area contributed by atoms with Gasteiger partial charge in [0.1, 0.15) is 0 Å². The van der Waals surface area contributed by atoms with Gasteiger partial charge in [-0.3, -0.25) is 0 Å². The highest BCUT2D eigenvalue weighted by Gasteiger charge is 2.51. The lowest BCUT2D eigenvalue weighted by Gasteiger charge is -2.42. The molecule has 0 aromatic heterocycles. The Morgan fingerprint density at radius 2 is 1.68 bits per heavy atom. The van der Waals surface area contributed by atoms with Crippen LogP contribution in [-0.4, -0.2) is 35.7 Å². The van der Waals surface area contributed by atoms with E-state index in [2.05, 4.69) is 5.32 Å². The molecular formula is C16H24N2O4. The zero-order valence-electron chi connectivity index (χ0n) is 13.8. The molecular weight excluding hydrogens is 284 g/mol. The molecule has 0 bridgehead atoms. The van der Waals surface area contributed by atoms with Crippen molar-refractivity contribution in [3.8, 4) is 11.5 Å². The van der Waals surface area contributed by atoms with Crippen LogP contribution in [0.15, 0.2) is 24.3 Å². The SMILES string of the molecule is CCOC(=O)NC1(N(C(C)C)C(C)C)Oc2ccccc2O1. The van der Waals surface area contributed by atoms with Gasteiger partial charge in [0.05, 0.1) is 6.61 Å². The Kier molecular flexibility index (Phi) is 4.81. The zero-order valence-corrected chi connectivity index (χ0v) is 13.8. The molecule has 0 saturated carbocycles. The fourth-order valence-electron chi connectivity index (χ4n) is 2.73. The number of hydrogen-bond donors (Lipinski definition) is 1. The van der Waals surface area contributed by atoms with E-state index in [1.807, 2.05) is 56.9 Å². The number of fused-ring (bicyclic) bond motifs is 1. The molecule has 0 radical (unpaired) electrons. The molecule has 0 spiro atoms. The average molecular weight is 308 g/mol. The number of hydrogen-bond acceptors (Lipinski definition) is 5. The summed E-state index contributed by atoms with van der Waals surface area (Å²) in [7, 11) is 0. The van der Waals surface area contributed by atoms with E-state index in [0.29, 0.717) is 11.5 Å². The minimum Gasteiger partial charge on any atom is -0.450 e. The molecule has 1 aromatic carbocycles. The van der Waals surface area contributed by atoms with Crippen LogP contribution in [0.25, 0.3) is 0 Å². The number of rotatable bonds is 5. The summed E-state index contributed by atoms with van der Waals surface area (Å²) in [4.78, 5) is 13.9. The van der Waals surface area contributed by atoms with Crippen LogP contribution in [0.2, 0.25) is 0 Å². The fraction of sp³-hybridized carbons (Fsp3) is 0.562. The van der Waals surface area contributed by atoms with E-state index in [1.54, 1.807) is 6.92 Å². The quantitative estimate of drug-likeness (QED) is 0.848. The highest BCUT2D eigenvalue weighted by molar-refractivity contribution is 5.68. The van der Waals surface area contributed by atoms with Crippen molar-refractivity contribution >= 4 is 6.09 Å². The molecule has 22 heavy (non-hydrogen) atoms. The Hall–Kier alpha value is -1.95. The van der Waals surface area contributed by atoms with Gasteiger partial charge in [0.15, 0.2) is 11.5 Å². The molecule has 6 nitrogen and oxygen atoms in total. The number of amides is 1. The summed E-state index contributed by atoms with van der Waals surface area (Å²) in [6.45, 7) is 10.1. The molecule has 122 valence electrons. The van der Waals surface area contributed by atoms with E-state index >= 15 is 0 Å². The van der Waals surface area contributed by atoms with E-state index in [9.17, 15) is 4.79 Å². The van der Waals surface area contributed by atoms with Crippen molar-refractivity contribution in [1.29, 1.82) is 0 Å². The number of nitrogens with one attached hydrogen (secondary N) is 1. The summed E-state index contributed by atoms with van der Waals surface area (Å²) < 4.78 is 17.0. The van der Waals surface area contributed by atoms with Crippen molar-refractivity contribution in [3.63, 3.8) is 0 Å². The molecule has 0 atom stereocenters.